The molecule has 1 fully saturated rings. The molecule has 0 bridgehead atoms. The van der Waals surface area contributed by atoms with E-state index in [-0.39, 0.29) is 5.92 Å². The SMILES string of the molecule is CC[C@H](C)[C@H]1C(=O)O[C@H](C(C)C)C(=O)N(C)[C@@H](C(C)C)C(=O)O[C@H](C(C)C)C(=O)N(C)[C@@H](C(C)C)C(=O)O[C@H](C(C)C)C(=O)N1C. The Morgan fingerprint density at radius 1 is 0.457 bits per heavy atom. The Bertz CT molecular complexity index is 1090. The maximum atomic E-state index is 14.0. The number of hydrogen-bond acceptors (Lipinski definition) is 9. The number of cyclic esters (lactones) is 3. The highest BCUT2D eigenvalue weighted by molar-refractivity contribution is 5.94. The lowest BCUT2D eigenvalue weighted by molar-refractivity contribution is -0.181. The molecule has 46 heavy (non-hydrogen) atoms. The molecule has 0 aromatic carbocycles. The molecule has 0 radical (unpaired) electrons. The van der Waals surface area contributed by atoms with Crippen molar-refractivity contribution in [2.24, 2.45) is 35.5 Å². The summed E-state index contributed by atoms with van der Waals surface area (Å²) >= 11 is 0. The van der Waals surface area contributed by atoms with Crippen LogP contribution in [0.25, 0.3) is 0 Å². The van der Waals surface area contributed by atoms with Gasteiger partial charge in [-0.1, -0.05) is 89.5 Å². The van der Waals surface area contributed by atoms with Crippen molar-refractivity contribution in [2.45, 2.75) is 126 Å². The van der Waals surface area contributed by atoms with Crippen LogP contribution in [0.2, 0.25) is 0 Å². The molecule has 1 aliphatic heterocycles. The summed E-state index contributed by atoms with van der Waals surface area (Å²) in [5.74, 6) is -6.92. The van der Waals surface area contributed by atoms with Crippen LogP contribution in [0.4, 0.5) is 0 Å². The predicted molar refractivity (Wildman–Crippen MR) is 173 cm³/mol. The Kier molecular flexibility index (Phi) is 15.2. The molecule has 1 heterocycles. The normalized spacial score (nSPS) is 27.8. The first-order valence-corrected chi connectivity index (χ1v) is 16.5. The second kappa shape index (κ2) is 17.1. The van der Waals surface area contributed by atoms with Gasteiger partial charge >= 0.3 is 17.9 Å². The predicted octanol–water partition coefficient (Wildman–Crippen LogP) is 3.54. The van der Waals surface area contributed by atoms with Gasteiger partial charge in [0.25, 0.3) is 17.7 Å². The molecule has 0 N–H and O–H groups in total. The number of amides is 3. The number of carbonyl (C=O) groups is 6. The van der Waals surface area contributed by atoms with Gasteiger partial charge in [-0.15, -0.1) is 0 Å². The van der Waals surface area contributed by atoms with E-state index in [1.807, 2.05) is 6.92 Å². The molecule has 0 aromatic heterocycles. The third kappa shape index (κ3) is 9.44. The minimum absolute atomic E-state index is 0.380. The molecule has 0 aliphatic carbocycles. The molecule has 0 spiro atoms. The van der Waals surface area contributed by atoms with E-state index in [4.69, 9.17) is 14.2 Å². The number of likely N-dealkylation sites (N-methyl/N-ethyl adjacent to an activating group) is 3. The highest BCUT2D eigenvalue weighted by atomic mass is 16.6. The number of nitrogens with zero attached hydrogens (tertiary/aromatic N) is 3. The lowest BCUT2D eigenvalue weighted by Crippen LogP contribution is -2.58. The summed E-state index contributed by atoms with van der Waals surface area (Å²) in [6.45, 7) is 20.9. The van der Waals surface area contributed by atoms with Crippen LogP contribution in [-0.2, 0) is 43.0 Å². The fourth-order valence-corrected chi connectivity index (χ4v) is 5.76. The van der Waals surface area contributed by atoms with Crippen LogP contribution < -0.4 is 0 Å². The average Bonchev–Trinajstić information content (AvgIpc) is 2.94. The Morgan fingerprint density at radius 2 is 0.696 bits per heavy atom. The maximum Gasteiger partial charge on any atom is 0.329 e. The van der Waals surface area contributed by atoms with Gasteiger partial charge in [0, 0.05) is 21.1 Å². The lowest BCUT2D eigenvalue weighted by Gasteiger charge is -2.38. The molecule has 0 unspecified atom stereocenters. The quantitative estimate of drug-likeness (QED) is 0.298. The summed E-state index contributed by atoms with van der Waals surface area (Å²) in [4.78, 5) is 86.8. The standard InChI is InChI=1S/C34H59N3O9/c1-16-22(12)25-34(43)46-27(20(8)9)30(39)36(14)23(17(2)3)32(41)44-26(19(6)7)29(38)35(13)24(18(4)5)33(42)45-28(21(10)11)31(40)37(25)15/h17-28H,16H2,1-15H3/t22-,23-,24-,25-,26+,27+,28+/m0/s1. The van der Waals surface area contributed by atoms with E-state index < -0.39 is 102 Å². The van der Waals surface area contributed by atoms with Crippen LogP contribution in [0.5, 0.6) is 0 Å². The third-order valence-corrected chi connectivity index (χ3v) is 8.74. The van der Waals surface area contributed by atoms with Gasteiger partial charge in [0.2, 0.25) is 0 Å². The number of esters is 3. The van der Waals surface area contributed by atoms with Crippen LogP contribution in [0.1, 0.15) is 89.5 Å². The Balaban J connectivity index is 3.97. The van der Waals surface area contributed by atoms with E-state index in [0.29, 0.717) is 6.42 Å². The third-order valence-electron chi connectivity index (χ3n) is 8.74. The van der Waals surface area contributed by atoms with Crippen molar-refractivity contribution >= 4 is 35.6 Å². The van der Waals surface area contributed by atoms with E-state index in [1.54, 1.807) is 76.2 Å². The molecular weight excluding hydrogens is 594 g/mol. The summed E-state index contributed by atoms with van der Waals surface area (Å²) < 4.78 is 17.5. The average molecular weight is 654 g/mol. The first-order valence-electron chi connectivity index (χ1n) is 16.5. The van der Waals surface area contributed by atoms with Crippen molar-refractivity contribution in [3.05, 3.63) is 0 Å². The van der Waals surface area contributed by atoms with Gasteiger partial charge in [0.05, 0.1) is 0 Å². The molecule has 1 rings (SSSR count). The summed E-state index contributed by atoms with van der Waals surface area (Å²) in [6.07, 6.45) is -3.33. The minimum Gasteiger partial charge on any atom is -0.450 e. The van der Waals surface area contributed by atoms with Crippen molar-refractivity contribution in [1.29, 1.82) is 0 Å². The fraction of sp³-hybridized carbons (Fsp3) is 0.824. The molecule has 3 amide bonds. The zero-order valence-corrected chi connectivity index (χ0v) is 30.7. The minimum atomic E-state index is -1.28. The van der Waals surface area contributed by atoms with Crippen molar-refractivity contribution in [2.75, 3.05) is 21.1 Å². The Labute approximate surface area is 275 Å². The molecule has 1 aliphatic rings. The number of rotatable bonds is 7. The molecule has 1 saturated heterocycles. The molecule has 7 atom stereocenters. The monoisotopic (exact) mass is 653 g/mol. The summed E-state index contributed by atoms with van der Waals surface area (Å²) in [7, 11) is 4.33. The fourth-order valence-electron chi connectivity index (χ4n) is 5.76. The van der Waals surface area contributed by atoms with Crippen molar-refractivity contribution in [3.8, 4) is 0 Å². The molecular formula is C34H59N3O9. The molecule has 0 saturated carbocycles. The number of carbonyl (C=O) groups excluding carboxylic acids is 6. The van der Waals surface area contributed by atoms with Gasteiger partial charge in [-0.25, -0.2) is 14.4 Å². The highest BCUT2D eigenvalue weighted by Gasteiger charge is 2.45. The number of hydrogen-bond donors (Lipinski definition) is 0. The van der Waals surface area contributed by atoms with Crippen molar-refractivity contribution in [1.82, 2.24) is 14.7 Å². The first kappa shape index (κ1) is 40.8. The van der Waals surface area contributed by atoms with Crippen LogP contribution in [0.3, 0.4) is 0 Å². The molecule has 0 aromatic rings. The highest BCUT2D eigenvalue weighted by Crippen LogP contribution is 2.25. The van der Waals surface area contributed by atoms with Crippen molar-refractivity contribution in [3.63, 3.8) is 0 Å². The Hall–Kier alpha value is -3.18. The lowest BCUT2D eigenvalue weighted by atomic mass is 9.95. The second-order valence-corrected chi connectivity index (χ2v) is 14.4. The molecule has 12 heteroatoms. The summed E-state index contributed by atoms with van der Waals surface area (Å²) in [5, 5.41) is 0. The smallest absolute Gasteiger partial charge is 0.329 e. The van der Waals surface area contributed by atoms with Crippen LogP contribution >= 0.6 is 0 Å². The van der Waals surface area contributed by atoms with Gasteiger partial charge in [0.1, 0.15) is 18.1 Å². The first-order chi connectivity index (χ1) is 21.1. The molecule has 264 valence electrons. The van der Waals surface area contributed by atoms with E-state index in [2.05, 4.69) is 0 Å². The van der Waals surface area contributed by atoms with Crippen LogP contribution in [-0.4, -0.2) is 108 Å². The topological polar surface area (TPSA) is 140 Å². The van der Waals surface area contributed by atoms with E-state index in [9.17, 15) is 28.8 Å². The molecule has 12 nitrogen and oxygen atoms in total. The Morgan fingerprint density at radius 3 is 0.913 bits per heavy atom. The van der Waals surface area contributed by atoms with Crippen LogP contribution in [0, 0.1) is 35.5 Å². The second-order valence-electron chi connectivity index (χ2n) is 14.4. The van der Waals surface area contributed by atoms with E-state index in [1.165, 1.54) is 35.8 Å². The number of ether oxygens (including phenoxy) is 3. The van der Waals surface area contributed by atoms with E-state index >= 15 is 0 Å². The van der Waals surface area contributed by atoms with Gasteiger partial charge in [-0.2, -0.15) is 0 Å². The van der Waals surface area contributed by atoms with Crippen LogP contribution in [0.15, 0.2) is 0 Å². The summed E-state index contributed by atoms with van der Waals surface area (Å²) in [6, 6.07) is -3.32. The zero-order chi connectivity index (χ0) is 36.0. The van der Waals surface area contributed by atoms with Gasteiger partial charge in [-0.3, -0.25) is 14.4 Å². The van der Waals surface area contributed by atoms with E-state index in [0.717, 1.165) is 0 Å². The van der Waals surface area contributed by atoms with Gasteiger partial charge < -0.3 is 28.9 Å². The zero-order valence-electron chi connectivity index (χ0n) is 30.7. The largest absolute Gasteiger partial charge is 0.450 e. The van der Waals surface area contributed by atoms with Gasteiger partial charge in [0.15, 0.2) is 18.3 Å². The maximum absolute atomic E-state index is 14.0. The summed E-state index contributed by atoms with van der Waals surface area (Å²) in [5.41, 5.74) is 0. The van der Waals surface area contributed by atoms with Crippen molar-refractivity contribution < 1.29 is 43.0 Å². The van der Waals surface area contributed by atoms with Gasteiger partial charge in [-0.05, 0) is 35.5 Å².